The Morgan fingerprint density at radius 1 is 1.29 bits per heavy atom. The van der Waals surface area contributed by atoms with E-state index in [1.54, 1.807) is 18.2 Å². The second kappa shape index (κ2) is 6.13. The van der Waals surface area contributed by atoms with Crippen molar-refractivity contribution < 1.29 is 19.0 Å². The average molecular weight is 238 g/mol. The quantitative estimate of drug-likeness (QED) is 0.739. The van der Waals surface area contributed by atoms with Crippen molar-refractivity contribution in [2.45, 2.75) is 13.8 Å². The van der Waals surface area contributed by atoms with Crippen molar-refractivity contribution in [3.05, 3.63) is 23.8 Å². The minimum absolute atomic E-state index is 0.372. The first kappa shape index (κ1) is 13.4. The summed E-state index contributed by atoms with van der Waals surface area (Å²) in [6.45, 7) is 4.67. The van der Waals surface area contributed by atoms with Crippen LogP contribution < -0.4 is 9.47 Å². The number of carbonyl (C=O) groups is 1. The Hall–Kier alpha value is -1.71. The lowest BCUT2D eigenvalue weighted by molar-refractivity contribution is 0.0596. The Kier molecular flexibility index (Phi) is 4.82. The fourth-order valence-electron chi connectivity index (χ4n) is 1.37. The number of rotatable bonds is 5. The number of para-hydroxylation sites is 1. The minimum Gasteiger partial charge on any atom is -0.492 e. The van der Waals surface area contributed by atoms with E-state index in [1.807, 2.05) is 0 Å². The molecule has 0 aromatic heterocycles. The van der Waals surface area contributed by atoms with Crippen LogP contribution in [0.5, 0.6) is 11.5 Å². The molecule has 4 nitrogen and oxygen atoms in total. The number of carbonyl (C=O) groups excluding carboxylic acids is 1. The van der Waals surface area contributed by atoms with E-state index in [0.29, 0.717) is 29.6 Å². The van der Waals surface area contributed by atoms with Crippen LogP contribution in [0.4, 0.5) is 0 Å². The predicted molar refractivity (Wildman–Crippen MR) is 64.7 cm³/mol. The van der Waals surface area contributed by atoms with Gasteiger partial charge in [0.05, 0.1) is 20.8 Å². The van der Waals surface area contributed by atoms with Crippen LogP contribution in [-0.4, -0.2) is 26.8 Å². The summed E-state index contributed by atoms with van der Waals surface area (Å²) in [5.41, 5.74) is 0.372. The summed E-state index contributed by atoms with van der Waals surface area (Å²) in [4.78, 5) is 11.5. The third-order valence-corrected chi connectivity index (χ3v) is 2.16. The molecule has 94 valence electrons. The molecule has 0 aliphatic heterocycles. The van der Waals surface area contributed by atoms with Crippen molar-refractivity contribution in [1.29, 1.82) is 0 Å². The molecule has 0 radical (unpaired) electrons. The van der Waals surface area contributed by atoms with Crippen molar-refractivity contribution in [3.8, 4) is 11.5 Å². The Balaban J connectivity index is 3.01. The lowest BCUT2D eigenvalue weighted by Gasteiger charge is -2.14. The molecule has 1 aromatic carbocycles. The molecule has 0 saturated heterocycles. The summed E-state index contributed by atoms with van der Waals surface area (Å²) in [6.07, 6.45) is 0. The van der Waals surface area contributed by atoms with Gasteiger partial charge in [0.2, 0.25) is 0 Å². The number of methoxy groups -OCH3 is 2. The van der Waals surface area contributed by atoms with Gasteiger partial charge in [-0.15, -0.1) is 0 Å². The summed E-state index contributed by atoms with van der Waals surface area (Å²) in [6, 6.07) is 5.16. The zero-order valence-electron chi connectivity index (χ0n) is 10.6. The van der Waals surface area contributed by atoms with E-state index in [4.69, 9.17) is 9.47 Å². The minimum atomic E-state index is -0.433. The highest BCUT2D eigenvalue weighted by atomic mass is 16.5. The molecule has 4 heteroatoms. The summed E-state index contributed by atoms with van der Waals surface area (Å²) >= 11 is 0. The van der Waals surface area contributed by atoms with Crippen molar-refractivity contribution in [2.24, 2.45) is 5.92 Å². The van der Waals surface area contributed by atoms with E-state index in [9.17, 15) is 4.79 Å². The zero-order chi connectivity index (χ0) is 12.8. The van der Waals surface area contributed by atoms with E-state index >= 15 is 0 Å². The van der Waals surface area contributed by atoms with Crippen LogP contribution >= 0.6 is 0 Å². The van der Waals surface area contributed by atoms with Gasteiger partial charge in [0, 0.05) is 0 Å². The van der Waals surface area contributed by atoms with Crippen LogP contribution in [0.3, 0.4) is 0 Å². The lowest BCUT2D eigenvalue weighted by atomic mass is 10.2. The SMILES string of the molecule is COC(=O)c1cccc(OCC(C)C)c1OC. The second-order valence-electron chi connectivity index (χ2n) is 4.03. The Morgan fingerprint density at radius 2 is 2.00 bits per heavy atom. The van der Waals surface area contributed by atoms with Crippen LogP contribution in [0, 0.1) is 5.92 Å². The highest BCUT2D eigenvalue weighted by Gasteiger charge is 2.17. The molecule has 0 aliphatic rings. The van der Waals surface area contributed by atoms with E-state index in [1.165, 1.54) is 14.2 Å². The van der Waals surface area contributed by atoms with E-state index in [-0.39, 0.29) is 0 Å². The van der Waals surface area contributed by atoms with Crippen molar-refractivity contribution in [2.75, 3.05) is 20.8 Å². The monoisotopic (exact) mass is 238 g/mol. The van der Waals surface area contributed by atoms with Crippen molar-refractivity contribution >= 4 is 5.97 Å². The normalized spacial score (nSPS) is 10.2. The van der Waals surface area contributed by atoms with E-state index in [2.05, 4.69) is 18.6 Å². The largest absolute Gasteiger partial charge is 0.492 e. The Morgan fingerprint density at radius 3 is 2.53 bits per heavy atom. The molecule has 17 heavy (non-hydrogen) atoms. The van der Waals surface area contributed by atoms with Gasteiger partial charge < -0.3 is 14.2 Å². The van der Waals surface area contributed by atoms with Crippen molar-refractivity contribution in [1.82, 2.24) is 0 Å². The molecule has 0 unspecified atom stereocenters. The third-order valence-electron chi connectivity index (χ3n) is 2.16. The fraction of sp³-hybridized carbons (Fsp3) is 0.462. The van der Waals surface area contributed by atoms with E-state index in [0.717, 1.165) is 0 Å². The maximum atomic E-state index is 11.5. The summed E-state index contributed by atoms with van der Waals surface area (Å²) in [7, 11) is 2.84. The van der Waals surface area contributed by atoms with Crippen LogP contribution in [0.1, 0.15) is 24.2 Å². The average Bonchev–Trinajstić information content (AvgIpc) is 2.34. The molecule has 0 bridgehead atoms. The topological polar surface area (TPSA) is 44.8 Å². The van der Waals surface area contributed by atoms with Gasteiger partial charge in [-0.3, -0.25) is 0 Å². The van der Waals surface area contributed by atoms with Gasteiger partial charge in [-0.1, -0.05) is 19.9 Å². The second-order valence-corrected chi connectivity index (χ2v) is 4.03. The smallest absolute Gasteiger partial charge is 0.341 e. The molecular weight excluding hydrogens is 220 g/mol. The standard InChI is InChI=1S/C13H18O4/c1-9(2)8-17-11-7-5-6-10(12(11)15-3)13(14)16-4/h5-7,9H,8H2,1-4H3. The molecule has 0 fully saturated rings. The van der Waals surface area contributed by atoms with Gasteiger partial charge in [-0.2, -0.15) is 0 Å². The van der Waals surface area contributed by atoms with Gasteiger partial charge in [-0.05, 0) is 18.1 Å². The number of esters is 1. The Bertz CT molecular complexity index is 385. The molecular formula is C13H18O4. The van der Waals surface area contributed by atoms with E-state index < -0.39 is 5.97 Å². The van der Waals surface area contributed by atoms with Gasteiger partial charge in [0.25, 0.3) is 0 Å². The molecule has 1 aromatic rings. The zero-order valence-corrected chi connectivity index (χ0v) is 10.6. The molecule has 1 rings (SSSR count). The molecule has 0 atom stereocenters. The van der Waals surface area contributed by atoms with Crippen LogP contribution in [-0.2, 0) is 4.74 Å². The number of hydrogen-bond donors (Lipinski definition) is 0. The summed E-state index contributed by atoms with van der Waals surface area (Å²) in [5, 5.41) is 0. The predicted octanol–water partition coefficient (Wildman–Crippen LogP) is 2.52. The highest BCUT2D eigenvalue weighted by molar-refractivity contribution is 5.93. The first-order chi connectivity index (χ1) is 8.10. The van der Waals surface area contributed by atoms with Gasteiger partial charge >= 0.3 is 5.97 Å². The first-order valence-electron chi connectivity index (χ1n) is 5.48. The number of ether oxygens (including phenoxy) is 3. The van der Waals surface area contributed by atoms with Crippen molar-refractivity contribution in [3.63, 3.8) is 0 Å². The Labute approximate surface area is 101 Å². The highest BCUT2D eigenvalue weighted by Crippen LogP contribution is 2.31. The fourth-order valence-corrected chi connectivity index (χ4v) is 1.37. The molecule has 0 N–H and O–H groups in total. The maximum absolute atomic E-state index is 11.5. The number of benzene rings is 1. The first-order valence-corrected chi connectivity index (χ1v) is 5.48. The maximum Gasteiger partial charge on any atom is 0.341 e. The third kappa shape index (κ3) is 3.37. The molecule has 0 spiro atoms. The van der Waals surface area contributed by atoms with Gasteiger partial charge in [0.15, 0.2) is 11.5 Å². The number of hydrogen-bond acceptors (Lipinski definition) is 4. The lowest BCUT2D eigenvalue weighted by Crippen LogP contribution is -2.09. The van der Waals surface area contributed by atoms with Crippen LogP contribution in [0.25, 0.3) is 0 Å². The van der Waals surface area contributed by atoms with Gasteiger partial charge in [0.1, 0.15) is 5.56 Å². The van der Waals surface area contributed by atoms with Crippen LogP contribution in [0.2, 0.25) is 0 Å². The summed E-state index contributed by atoms with van der Waals surface area (Å²) in [5.74, 6) is 0.947. The molecule has 0 aliphatic carbocycles. The summed E-state index contributed by atoms with van der Waals surface area (Å²) < 4.78 is 15.5. The van der Waals surface area contributed by atoms with Crippen LogP contribution in [0.15, 0.2) is 18.2 Å². The molecule has 0 amide bonds. The molecule has 0 saturated carbocycles. The molecule has 0 heterocycles. The van der Waals surface area contributed by atoms with Gasteiger partial charge in [-0.25, -0.2) is 4.79 Å².